The third-order valence-electron chi connectivity index (χ3n) is 2.37. The molecule has 0 aromatic rings. The van der Waals surface area contributed by atoms with Crippen LogP contribution in [0.25, 0.3) is 0 Å². The van der Waals surface area contributed by atoms with E-state index in [9.17, 15) is 0 Å². The fraction of sp³-hybridized carbons (Fsp3) is 0.917. The smallest absolute Gasteiger partial charge is 0.0868 e. The van der Waals surface area contributed by atoms with E-state index in [1.54, 1.807) is 0 Å². The standard InChI is InChI=1S/C12H24N2O/c1-11(2)5-9-15-10-8-14(7-6-13)12(3)4/h11-12H,5,7-10H2,1-4H3. The summed E-state index contributed by atoms with van der Waals surface area (Å²) in [6.45, 7) is 11.5. The molecule has 0 saturated carbocycles. The average molecular weight is 212 g/mol. The van der Waals surface area contributed by atoms with E-state index < -0.39 is 0 Å². The Morgan fingerprint density at radius 2 is 1.87 bits per heavy atom. The minimum atomic E-state index is 0.415. The van der Waals surface area contributed by atoms with Crippen LogP contribution in [0.3, 0.4) is 0 Å². The second-order valence-electron chi connectivity index (χ2n) is 4.52. The van der Waals surface area contributed by atoms with Crippen LogP contribution < -0.4 is 0 Å². The van der Waals surface area contributed by atoms with Crippen molar-refractivity contribution in [1.29, 1.82) is 5.26 Å². The SMILES string of the molecule is CC(C)CCOCCN(CC#N)C(C)C. The van der Waals surface area contributed by atoms with Crippen LogP contribution in [0.2, 0.25) is 0 Å². The second kappa shape index (κ2) is 8.70. The van der Waals surface area contributed by atoms with Crippen LogP contribution in [0.4, 0.5) is 0 Å². The van der Waals surface area contributed by atoms with E-state index >= 15 is 0 Å². The molecule has 0 amide bonds. The molecule has 0 aliphatic rings. The molecule has 0 aromatic heterocycles. The molecule has 0 rings (SSSR count). The maximum absolute atomic E-state index is 8.63. The summed E-state index contributed by atoms with van der Waals surface area (Å²) < 4.78 is 5.52. The van der Waals surface area contributed by atoms with Gasteiger partial charge in [-0.2, -0.15) is 5.26 Å². The van der Waals surface area contributed by atoms with Crippen molar-refractivity contribution in [3.63, 3.8) is 0 Å². The van der Waals surface area contributed by atoms with Gasteiger partial charge in [0, 0.05) is 19.2 Å². The molecule has 0 aromatic carbocycles. The Balaban J connectivity index is 3.50. The van der Waals surface area contributed by atoms with Crippen molar-refractivity contribution in [3.8, 4) is 6.07 Å². The zero-order valence-corrected chi connectivity index (χ0v) is 10.5. The largest absolute Gasteiger partial charge is 0.380 e. The Morgan fingerprint density at radius 3 is 2.33 bits per heavy atom. The van der Waals surface area contributed by atoms with Crippen molar-refractivity contribution in [2.45, 2.75) is 40.2 Å². The van der Waals surface area contributed by atoms with Crippen LogP contribution in [0.15, 0.2) is 0 Å². The Hall–Kier alpha value is -0.590. The Bertz CT molecular complexity index is 185. The fourth-order valence-corrected chi connectivity index (χ4v) is 1.21. The van der Waals surface area contributed by atoms with Crippen LogP contribution in [-0.4, -0.2) is 37.2 Å². The Morgan fingerprint density at radius 1 is 1.20 bits per heavy atom. The van der Waals surface area contributed by atoms with Gasteiger partial charge in [0.2, 0.25) is 0 Å². The predicted octanol–water partition coefficient (Wildman–Crippen LogP) is 2.28. The molecule has 0 N–H and O–H groups in total. The molecular formula is C12H24N2O. The summed E-state index contributed by atoms with van der Waals surface area (Å²) in [5.41, 5.74) is 0. The van der Waals surface area contributed by atoms with Crippen molar-refractivity contribution in [2.75, 3.05) is 26.3 Å². The molecule has 88 valence electrons. The van der Waals surface area contributed by atoms with Crippen molar-refractivity contribution in [2.24, 2.45) is 5.92 Å². The Labute approximate surface area is 94.0 Å². The van der Waals surface area contributed by atoms with Gasteiger partial charge in [-0.15, -0.1) is 0 Å². The summed E-state index contributed by atoms with van der Waals surface area (Å²) in [6, 6.07) is 2.59. The minimum Gasteiger partial charge on any atom is -0.380 e. The lowest BCUT2D eigenvalue weighted by molar-refractivity contribution is 0.0912. The van der Waals surface area contributed by atoms with Gasteiger partial charge in [0.1, 0.15) is 0 Å². The first-order valence-electron chi connectivity index (χ1n) is 5.76. The summed E-state index contributed by atoms with van der Waals surface area (Å²) in [6.07, 6.45) is 1.11. The molecular weight excluding hydrogens is 188 g/mol. The summed E-state index contributed by atoms with van der Waals surface area (Å²) >= 11 is 0. The highest BCUT2D eigenvalue weighted by atomic mass is 16.5. The highest BCUT2D eigenvalue weighted by Gasteiger charge is 2.07. The Kier molecular flexibility index (Phi) is 8.35. The van der Waals surface area contributed by atoms with Gasteiger partial charge >= 0.3 is 0 Å². The van der Waals surface area contributed by atoms with Crippen molar-refractivity contribution in [1.82, 2.24) is 4.90 Å². The van der Waals surface area contributed by atoms with Crippen LogP contribution in [0.5, 0.6) is 0 Å². The molecule has 0 aliphatic heterocycles. The quantitative estimate of drug-likeness (QED) is 0.457. The first-order valence-corrected chi connectivity index (χ1v) is 5.76. The topological polar surface area (TPSA) is 36.3 Å². The zero-order valence-electron chi connectivity index (χ0n) is 10.5. The van der Waals surface area contributed by atoms with E-state index in [0.29, 0.717) is 18.5 Å². The highest BCUT2D eigenvalue weighted by Crippen LogP contribution is 2.00. The zero-order chi connectivity index (χ0) is 11.7. The molecule has 0 bridgehead atoms. The van der Waals surface area contributed by atoms with Crippen LogP contribution in [-0.2, 0) is 4.74 Å². The molecule has 0 unspecified atom stereocenters. The molecule has 3 heteroatoms. The average Bonchev–Trinajstić information content (AvgIpc) is 2.15. The molecule has 0 fully saturated rings. The van der Waals surface area contributed by atoms with Gasteiger partial charge in [-0.3, -0.25) is 4.90 Å². The maximum Gasteiger partial charge on any atom is 0.0868 e. The lowest BCUT2D eigenvalue weighted by Crippen LogP contribution is -2.34. The number of nitrogens with zero attached hydrogens (tertiary/aromatic N) is 2. The number of nitriles is 1. The van der Waals surface area contributed by atoms with Gasteiger partial charge in [0.15, 0.2) is 0 Å². The van der Waals surface area contributed by atoms with E-state index in [1.165, 1.54) is 0 Å². The summed E-state index contributed by atoms with van der Waals surface area (Å²) in [5.74, 6) is 0.699. The summed E-state index contributed by atoms with van der Waals surface area (Å²) in [5, 5.41) is 8.63. The normalized spacial score (nSPS) is 11.3. The molecule has 0 atom stereocenters. The predicted molar refractivity (Wildman–Crippen MR) is 62.6 cm³/mol. The van der Waals surface area contributed by atoms with Crippen molar-refractivity contribution in [3.05, 3.63) is 0 Å². The first-order chi connectivity index (χ1) is 7.07. The van der Waals surface area contributed by atoms with E-state index in [0.717, 1.165) is 26.2 Å². The third kappa shape index (κ3) is 8.41. The van der Waals surface area contributed by atoms with Crippen LogP contribution in [0.1, 0.15) is 34.1 Å². The van der Waals surface area contributed by atoms with Gasteiger partial charge in [-0.1, -0.05) is 13.8 Å². The van der Waals surface area contributed by atoms with Gasteiger partial charge in [-0.05, 0) is 26.2 Å². The van der Waals surface area contributed by atoms with Crippen molar-refractivity contribution < 1.29 is 4.74 Å². The van der Waals surface area contributed by atoms with E-state index in [4.69, 9.17) is 10.00 Å². The summed E-state index contributed by atoms with van der Waals surface area (Å²) in [4.78, 5) is 2.12. The molecule has 15 heavy (non-hydrogen) atoms. The summed E-state index contributed by atoms with van der Waals surface area (Å²) in [7, 11) is 0. The van der Waals surface area contributed by atoms with Gasteiger partial charge < -0.3 is 4.74 Å². The monoisotopic (exact) mass is 212 g/mol. The highest BCUT2D eigenvalue weighted by molar-refractivity contribution is 4.78. The number of hydrogen-bond donors (Lipinski definition) is 0. The fourth-order valence-electron chi connectivity index (χ4n) is 1.21. The molecule has 0 radical (unpaired) electrons. The number of hydrogen-bond acceptors (Lipinski definition) is 3. The van der Waals surface area contributed by atoms with Crippen LogP contribution >= 0.6 is 0 Å². The molecule has 0 spiro atoms. The second-order valence-corrected chi connectivity index (χ2v) is 4.52. The van der Waals surface area contributed by atoms with Gasteiger partial charge in [0.25, 0.3) is 0 Å². The van der Waals surface area contributed by atoms with Gasteiger partial charge in [-0.25, -0.2) is 0 Å². The minimum absolute atomic E-state index is 0.415. The maximum atomic E-state index is 8.63. The van der Waals surface area contributed by atoms with E-state index in [1.807, 2.05) is 0 Å². The lowest BCUT2D eigenvalue weighted by atomic mass is 10.1. The number of ether oxygens (including phenoxy) is 1. The van der Waals surface area contributed by atoms with E-state index in [2.05, 4.69) is 38.7 Å². The third-order valence-corrected chi connectivity index (χ3v) is 2.37. The van der Waals surface area contributed by atoms with Crippen LogP contribution in [0, 0.1) is 17.2 Å². The number of rotatable bonds is 8. The molecule has 0 saturated heterocycles. The van der Waals surface area contributed by atoms with Crippen molar-refractivity contribution >= 4 is 0 Å². The van der Waals surface area contributed by atoms with Gasteiger partial charge in [0.05, 0.1) is 19.2 Å². The molecule has 0 heterocycles. The first kappa shape index (κ1) is 14.4. The molecule has 3 nitrogen and oxygen atoms in total. The lowest BCUT2D eigenvalue weighted by Gasteiger charge is -2.23. The van der Waals surface area contributed by atoms with E-state index in [-0.39, 0.29) is 0 Å². The molecule has 0 aliphatic carbocycles.